The van der Waals surface area contributed by atoms with E-state index in [4.69, 9.17) is 16.3 Å². The number of hydrogen-bond acceptors (Lipinski definition) is 4. The van der Waals surface area contributed by atoms with E-state index in [1.54, 1.807) is 19.1 Å². The van der Waals surface area contributed by atoms with Crippen LogP contribution in [0.3, 0.4) is 0 Å². The molecular weight excluding hydrogens is 256 g/mol. The number of carbonyl (C=O) groups excluding carboxylic acids is 2. The number of halogens is 1. The lowest BCUT2D eigenvalue weighted by Crippen LogP contribution is -2.01. The molecule has 0 spiro atoms. The molecule has 0 atom stereocenters. The number of ketones is 1. The van der Waals surface area contributed by atoms with Crippen molar-refractivity contribution in [2.45, 2.75) is 6.92 Å². The van der Waals surface area contributed by atoms with E-state index in [-0.39, 0.29) is 12.4 Å². The Morgan fingerprint density at radius 2 is 2.06 bits per heavy atom. The maximum atomic E-state index is 11.7. The summed E-state index contributed by atoms with van der Waals surface area (Å²) in [5, 5.41) is 0.341. The molecular formula is C13H13ClO4. The molecule has 0 aliphatic heterocycles. The lowest BCUT2D eigenvalue weighted by Gasteiger charge is -2.03. The molecule has 1 rings (SSSR count). The molecule has 4 nitrogen and oxygen atoms in total. The number of hydrogen-bond donors (Lipinski definition) is 0. The minimum atomic E-state index is -0.551. The van der Waals surface area contributed by atoms with Gasteiger partial charge in [-0.05, 0) is 31.2 Å². The summed E-state index contributed by atoms with van der Waals surface area (Å²) in [6.45, 7) is 1.96. The zero-order valence-corrected chi connectivity index (χ0v) is 10.9. The maximum absolute atomic E-state index is 11.7. The Balaban J connectivity index is 2.79. The number of ether oxygens (including phenoxy) is 2. The number of allylic oxidation sites excluding steroid dienone is 1. The molecule has 0 aliphatic rings. The van der Waals surface area contributed by atoms with Gasteiger partial charge in [-0.15, -0.1) is 0 Å². The molecule has 0 amide bonds. The molecule has 18 heavy (non-hydrogen) atoms. The van der Waals surface area contributed by atoms with E-state index in [0.29, 0.717) is 16.3 Å². The highest BCUT2D eigenvalue weighted by atomic mass is 35.5. The maximum Gasteiger partial charge on any atom is 0.330 e. The summed E-state index contributed by atoms with van der Waals surface area (Å²) in [4.78, 5) is 22.8. The minimum Gasteiger partial charge on any atom is -0.495 e. The number of benzene rings is 1. The van der Waals surface area contributed by atoms with E-state index < -0.39 is 5.97 Å². The van der Waals surface area contributed by atoms with Crippen LogP contribution in [0.15, 0.2) is 30.4 Å². The van der Waals surface area contributed by atoms with E-state index in [1.807, 2.05) is 0 Å². The van der Waals surface area contributed by atoms with Crippen LogP contribution >= 0.6 is 11.6 Å². The predicted molar refractivity (Wildman–Crippen MR) is 68.1 cm³/mol. The summed E-state index contributed by atoms with van der Waals surface area (Å²) >= 11 is 5.89. The lowest BCUT2D eigenvalue weighted by molar-refractivity contribution is -0.137. The van der Waals surface area contributed by atoms with Crippen molar-refractivity contribution in [3.05, 3.63) is 40.9 Å². The van der Waals surface area contributed by atoms with Crippen molar-refractivity contribution < 1.29 is 19.1 Å². The van der Waals surface area contributed by atoms with Crippen LogP contribution in [-0.4, -0.2) is 25.5 Å². The third-order valence-corrected chi connectivity index (χ3v) is 2.39. The van der Waals surface area contributed by atoms with E-state index in [2.05, 4.69) is 4.74 Å². The Labute approximate surface area is 110 Å². The van der Waals surface area contributed by atoms with Gasteiger partial charge in [-0.1, -0.05) is 11.6 Å². The average Bonchev–Trinajstić information content (AvgIpc) is 2.36. The van der Waals surface area contributed by atoms with Crippen LogP contribution in [0.5, 0.6) is 5.75 Å². The van der Waals surface area contributed by atoms with E-state index in [1.165, 1.54) is 13.2 Å². The topological polar surface area (TPSA) is 52.6 Å². The molecule has 0 bridgehead atoms. The van der Waals surface area contributed by atoms with Gasteiger partial charge in [0.15, 0.2) is 5.78 Å². The van der Waals surface area contributed by atoms with E-state index in [9.17, 15) is 9.59 Å². The van der Waals surface area contributed by atoms with Crippen molar-refractivity contribution in [2.75, 3.05) is 13.7 Å². The Morgan fingerprint density at radius 3 is 2.61 bits per heavy atom. The van der Waals surface area contributed by atoms with Gasteiger partial charge in [0.25, 0.3) is 0 Å². The largest absolute Gasteiger partial charge is 0.495 e. The molecule has 0 aliphatic carbocycles. The predicted octanol–water partition coefficient (Wildman–Crippen LogP) is 2.65. The van der Waals surface area contributed by atoms with Gasteiger partial charge in [-0.2, -0.15) is 0 Å². The molecule has 1 aromatic rings. The van der Waals surface area contributed by atoms with Crippen molar-refractivity contribution in [3.63, 3.8) is 0 Å². The highest BCUT2D eigenvalue weighted by molar-refractivity contribution is 6.32. The summed E-state index contributed by atoms with van der Waals surface area (Å²) < 4.78 is 9.64. The Bertz CT molecular complexity index is 480. The molecule has 0 heterocycles. The quantitative estimate of drug-likeness (QED) is 0.468. The molecule has 0 N–H and O–H groups in total. The normalized spacial score (nSPS) is 10.4. The van der Waals surface area contributed by atoms with Crippen LogP contribution in [0.2, 0.25) is 5.02 Å². The van der Waals surface area contributed by atoms with Crippen molar-refractivity contribution in [1.82, 2.24) is 0 Å². The molecule has 0 saturated heterocycles. The van der Waals surface area contributed by atoms with Crippen LogP contribution in [0.1, 0.15) is 17.3 Å². The highest BCUT2D eigenvalue weighted by Gasteiger charge is 2.07. The van der Waals surface area contributed by atoms with Gasteiger partial charge in [0, 0.05) is 11.6 Å². The zero-order chi connectivity index (χ0) is 13.5. The Morgan fingerprint density at radius 1 is 1.33 bits per heavy atom. The van der Waals surface area contributed by atoms with Crippen LogP contribution in [-0.2, 0) is 9.53 Å². The fourth-order valence-corrected chi connectivity index (χ4v) is 1.51. The Kier molecular flexibility index (Phi) is 5.39. The molecule has 0 radical (unpaired) electrons. The third kappa shape index (κ3) is 3.89. The third-order valence-electron chi connectivity index (χ3n) is 2.09. The average molecular weight is 269 g/mol. The van der Waals surface area contributed by atoms with Crippen molar-refractivity contribution >= 4 is 23.4 Å². The summed E-state index contributed by atoms with van der Waals surface area (Å²) in [5.41, 5.74) is 0.376. The summed E-state index contributed by atoms with van der Waals surface area (Å²) in [6, 6.07) is 4.65. The molecule has 0 saturated carbocycles. The molecule has 1 aromatic carbocycles. The molecule has 5 heteroatoms. The van der Waals surface area contributed by atoms with Gasteiger partial charge in [0.2, 0.25) is 0 Å². The fraction of sp³-hybridized carbons (Fsp3) is 0.231. The van der Waals surface area contributed by atoms with E-state index in [0.717, 1.165) is 12.2 Å². The first-order valence-electron chi connectivity index (χ1n) is 5.31. The minimum absolute atomic E-state index is 0.270. The summed E-state index contributed by atoms with van der Waals surface area (Å²) in [6.07, 6.45) is 2.24. The van der Waals surface area contributed by atoms with Crippen molar-refractivity contribution in [2.24, 2.45) is 0 Å². The van der Waals surface area contributed by atoms with Gasteiger partial charge in [0.1, 0.15) is 5.75 Å². The van der Waals surface area contributed by atoms with Crippen LogP contribution in [0, 0.1) is 0 Å². The fourth-order valence-electron chi connectivity index (χ4n) is 1.25. The first-order valence-corrected chi connectivity index (χ1v) is 5.69. The van der Waals surface area contributed by atoms with Gasteiger partial charge in [-0.25, -0.2) is 4.79 Å². The zero-order valence-electron chi connectivity index (χ0n) is 10.1. The van der Waals surface area contributed by atoms with Crippen LogP contribution < -0.4 is 4.74 Å². The second kappa shape index (κ2) is 6.81. The standard InChI is InChI=1S/C13H13ClO4/c1-3-18-13(16)7-5-11(15)9-4-6-12(17-2)10(14)8-9/h4-8H,3H2,1-2H3/b7-5+. The number of rotatable bonds is 5. The number of methoxy groups -OCH3 is 1. The van der Waals surface area contributed by atoms with Crippen molar-refractivity contribution in [3.8, 4) is 5.75 Å². The summed E-state index contributed by atoms with van der Waals surface area (Å²) in [5.74, 6) is -0.388. The Hall–Kier alpha value is -1.81. The smallest absolute Gasteiger partial charge is 0.330 e. The van der Waals surface area contributed by atoms with Gasteiger partial charge < -0.3 is 9.47 Å². The first kappa shape index (κ1) is 14.3. The number of esters is 1. The SMILES string of the molecule is CCOC(=O)/C=C/C(=O)c1ccc(OC)c(Cl)c1. The summed E-state index contributed by atoms with van der Waals surface area (Å²) in [7, 11) is 1.49. The molecule has 0 aromatic heterocycles. The van der Waals surface area contributed by atoms with Gasteiger partial charge in [-0.3, -0.25) is 4.79 Å². The van der Waals surface area contributed by atoms with Gasteiger partial charge in [0.05, 0.1) is 18.7 Å². The van der Waals surface area contributed by atoms with Gasteiger partial charge >= 0.3 is 5.97 Å². The van der Waals surface area contributed by atoms with Crippen molar-refractivity contribution in [1.29, 1.82) is 0 Å². The molecule has 0 fully saturated rings. The lowest BCUT2D eigenvalue weighted by atomic mass is 10.1. The number of carbonyl (C=O) groups is 2. The second-order valence-electron chi connectivity index (χ2n) is 3.30. The molecule has 96 valence electrons. The molecule has 0 unspecified atom stereocenters. The van der Waals surface area contributed by atoms with E-state index >= 15 is 0 Å². The second-order valence-corrected chi connectivity index (χ2v) is 3.71. The first-order chi connectivity index (χ1) is 8.58. The van der Waals surface area contributed by atoms with Crippen LogP contribution in [0.25, 0.3) is 0 Å². The van der Waals surface area contributed by atoms with Crippen LogP contribution in [0.4, 0.5) is 0 Å². The monoisotopic (exact) mass is 268 g/mol. The highest BCUT2D eigenvalue weighted by Crippen LogP contribution is 2.25.